The van der Waals surface area contributed by atoms with Crippen molar-refractivity contribution in [3.8, 4) is 11.1 Å². The zero-order valence-electron chi connectivity index (χ0n) is 18.3. The summed E-state index contributed by atoms with van der Waals surface area (Å²) >= 11 is 6.06. The molecule has 0 unspecified atom stereocenters. The van der Waals surface area contributed by atoms with Gasteiger partial charge in [-0.2, -0.15) is 0 Å². The molecule has 0 aliphatic heterocycles. The fourth-order valence-electron chi connectivity index (χ4n) is 4.37. The quantitative estimate of drug-likeness (QED) is 0.538. The number of carbonyl (C=O) groups is 2. The number of rotatable bonds is 4. The minimum Gasteiger partial charge on any atom is -0.453 e. The lowest BCUT2D eigenvalue weighted by atomic mass is 9.92. The molecular formula is C26H25ClN2O3. The molecule has 0 bridgehead atoms. The number of anilines is 1. The van der Waals surface area contributed by atoms with Gasteiger partial charge in [-0.05, 0) is 84.8 Å². The van der Waals surface area contributed by atoms with Gasteiger partial charge in [-0.25, -0.2) is 4.79 Å². The van der Waals surface area contributed by atoms with Crippen LogP contribution in [-0.2, 0) is 17.6 Å². The van der Waals surface area contributed by atoms with Crippen LogP contribution in [0.15, 0.2) is 54.6 Å². The summed E-state index contributed by atoms with van der Waals surface area (Å²) < 4.78 is 4.70. The van der Waals surface area contributed by atoms with Crippen molar-refractivity contribution in [1.82, 2.24) is 5.32 Å². The van der Waals surface area contributed by atoms with Crippen LogP contribution in [-0.4, -0.2) is 25.2 Å². The molecule has 2 N–H and O–H groups in total. The number of aryl methyl sites for hydroxylation is 2. The zero-order valence-corrected chi connectivity index (χ0v) is 19.0. The summed E-state index contributed by atoms with van der Waals surface area (Å²) in [5, 5.41) is 6.55. The normalized spacial score (nSPS) is 14.6. The number of benzene rings is 3. The Bertz CT molecular complexity index is 1190. The van der Waals surface area contributed by atoms with Crippen LogP contribution in [0.2, 0.25) is 5.02 Å². The van der Waals surface area contributed by atoms with Gasteiger partial charge < -0.3 is 15.4 Å². The van der Waals surface area contributed by atoms with Crippen LogP contribution in [0.1, 0.15) is 32.6 Å². The highest BCUT2D eigenvalue weighted by molar-refractivity contribution is 6.30. The smallest absolute Gasteiger partial charge is 0.407 e. The third-order valence-corrected chi connectivity index (χ3v) is 6.01. The first-order chi connectivity index (χ1) is 15.3. The first-order valence-corrected chi connectivity index (χ1v) is 10.9. The van der Waals surface area contributed by atoms with Gasteiger partial charge in [0, 0.05) is 22.3 Å². The average molecular weight is 449 g/mol. The summed E-state index contributed by atoms with van der Waals surface area (Å²) in [6.07, 6.45) is 1.02. The lowest BCUT2D eigenvalue weighted by Crippen LogP contribution is -2.35. The maximum Gasteiger partial charge on any atom is 0.407 e. The molecule has 2 amide bonds. The van der Waals surface area contributed by atoms with E-state index in [0.717, 1.165) is 45.5 Å². The Hall–Kier alpha value is -3.31. The Balaban J connectivity index is 1.59. The predicted molar refractivity (Wildman–Crippen MR) is 127 cm³/mol. The van der Waals surface area contributed by atoms with Crippen molar-refractivity contribution in [2.45, 2.75) is 32.7 Å². The molecule has 6 heteroatoms. The lowest BCUT2D eigenvalue weighted by Gasteiger charge is -2.15. The molecule has 0 saturated heterocycles. The summed E-state index contributed by atoms with van der Waals surface area (Å²) in [7, 11) is 1.36. The molecule has 3 aromatic rings. The molecule has 0 spiro atoms. The molecule has 164 valence electrons. The highest BCUT2D eigenvalue weighted by atomic mass is 35.5. The van der Waals surface area contributed by atoms with Crippen LogP contribution >= 0.6 is 11.6 Å². The maximum atomic E-state index is 13.3. The van der Waals surface area contributed by atoms with Crippen molar-refractivity contribution in [3.63, 3.8) is 0 Å². The molecule has 32 heavy (non-hydrogen) atoms. The van der Waals surface area contributed by atoms with E-state index in [-0.39, 0.29) is 11.9 Å². The zero-order chi connectivity index (χ0) is 22.8. The Morgan fingerprint density at radius 3 is 2.41 bits per heavy atom. The fourth-order valence-corrected chi connectivity index (χ4v) is 4.49. The van der Waals surface area contributed by atoms with Crippen molar-refractivity contribution in [1.29, 1.82) is 0 Å². The number of alkyl carbamates (subject to hydrolysis) is 1. The Morgan fingerprint density at radius 2 is 1.69 bits per heavy atom. The number of hydrogen-bond acceptors (Lipinski definition) is 3. The van der Waals surface area contributed by atoms with E-state index in [9.17, 15) is 9.59 Å². The molecule has 1 aliphatic carbocycles. The van der Waals surface area contributed by atoms with Gasteiger partial charge in [0.05, 0.1) is 7.11 Å². The van der Waals surface area contributed by atoms with E-state index in [1.165, 1.54) is 7.11 Å². The second-order valence-corrected chi connectivity index (χ2v) is 8.63. The number of amides is 2. The summed E-state index contributed by atoms with van der Waals surface area (Å²) in [5.74, 6) is -0.163. The van der Waals surface area contributed by atoms with Crippen molar-refractivity contribution in [3.05, 3.63) is 87.4 Å². The van der Waals surface area contributed by atoms with Gasteiger partial charge in [0.1, 0.15) is 0 Å². The van der Waals surface area contributed by atoms with Crippen molar-refractivity contribution in [2.75, 3.05) is 12.4 Å². The summed E-state index contributed by atoms with van der Waals surface area (Å²) in [6.45, 7) is 4.00. The van der Waals surface area contributed by atoms with Crippen LogP contribution in [0.3, 0.4) is 0 Å². The topological polar surface area (TPSA) is 67.4 Å². The van der Waals surface area contributed by atoms with E-state index in [4.69, 9.17) is 16.3 Å². The van der Waals surface area contributed by atoms with Crippen molar-refractivity contribution in [2.24, 2.45) is 0 Å². The van der Waals surface area contributed by atoms with Crippen molar-refractivity contribution < 1.29 is 14.3 Å². The fraction of sp³-hybridized carbons (Fsp3) is 0.231. The SMILES string of the molecule is COC(=O)N[C@@H]1Cc2ccc(NC(=O)c3cc(C)cc(C)c3-c3ccc(Cl)cc3)cc2C1. The van der Waals surface area contributed by atoms with E-state index in [1.807, 2.05) is 62.4 Å². The van der Waals surface area contributed by atoms with E-state index >= 15 is 0 Å². The number of methoxy groups -OCH3 is 1. The molecule has 0 fully saturated rings. The van der Waals surface area contributed by atoms with Gasteiger partial charge in [-0.3, -0.25) is 4.79 Å². The van der Waals surface area contributed by atoms with E-state index in [1.54, 1.807) is 0 Å². The lowest BCUT2D eigenvalue weighted by molar-refractivity contribution is 0.102. The van der Waals surface area contributed by atoms with E-state index in [0.29, 0.717) is 17.0 Å². The number of ether oxygens (including phenoxy) is 1. The van der Waals surface area contributed by atoms with Gasteiger partial charge in [0.2, 0.25) is 0 Å². The average Bonchev–Trinajstić information content (AvgIpc) is 3.15. The molecule has 4 rings (SSSR count). The van der Waals surface area contributed by atoms with Gasteiger partial charge in [0.15, 0.2) is 0 Å². The molecular weight excluding hydrogens is 424 g/mol. The predicted octanol–water partition coefficient (Wildman–Crippen LogP) is 5.70. The first kappa shape index (κ1) is 21.9. The Kier molecular flexibility index (Phi) is 6.19. The Labute approximate surface area is 192 Å². The number of fused-ring (bicyclic) bond motifs is 1. The largest absolute Gasteiger partial charge is 0.453 e. The number of nitrogens with one attached hydrogen (secondary N) is 2. The van der Waals surface area contributed by atoms with Gasteiger partial charge in [-0.1, -0.05) is 41.4 Å². The molecule has 0 aromatic heterocycles. The van der Waals surface area contributed by atoms with Gasteiger partial charge >= 0.3 is 6.09 Å². The minimum absolute atomic E-state index is 0.000619. The van der Waals surface area contributed by atoms with Crippen LogP contribution in [0.4, 0.5) is 10.5 Å². The highest BCUT2D eigenvalue weighted by Crippen LogP contribution is 2.31. The van der Waals surface area contributed by atoms with Crippen LogP contribution < -0.4 is 10.6 Å². The number of hydrogen-bond donors (Lipinski definition) is 2. The maximum absolute atomic E-state index is 13.3. The molecule has 1 aliphatic rings. The monoisotopic (exact) mass is 448 g/mol. The molecule has 3 aromatic carbocycles. The second kappa shape index (κ2) is 9.05. The van der Waals surface area contributed by atoms with E-state index < -0.39 is 6.09 Å². The minimum atomic E-state index is -0.430. The number of carbonyl (C=O) groups excluding carboxylic acids is 2. The Morgan fingerprint density at radius 1 is 0.969 bits per heavy atom. The third kappa shape index (κ3) is 4.63. The first-order valence-electron chi connectivity index (χ1n) is 10.5. The summed E-state index contributed by atoms with van der Waals surface area (Å²) in [5.41, 5.74) is 7.53. The molecule has 5 nitrogen and oxygen atoms in total. The van der Waals surface area contributed by atoms with Crippen molar-refractivity contribution >= 4 is 29.3 Å². The molecule has 0 heterocycles. The highest BCUT2D eigenvalue weighted by Gasteiger charge is 2.24. The van der Waals surface area contributed by atoms with Crippen LogP contribution in [0.5, 0.6) is 0 Å². The molecule has 0 radical (unpaired) electrons. The summed E-state index contributed by atoms with van der Waals surface area (Å²) in [4.78, 5) is 24.8. The van der Waals surface area contributed by atoms with Crippen LogP contribution in [0, 0.1) is 13.8 Å². The standard InChI is InChI=1S/C26H25ClN2O3/c1-15-10-16(2)24(17-4-7-20(27)8-5-17)23(11-15)25(30)28-21-9-6-18-12-22(14-19(18)13-21)29-26(31)32-3/h4-11,13,22H,12,14H2,1-3H3,(H,28,30)(H,29,31)/t22-/m1/s1. The van der Waals surface area contributed by atoms with Gasteiger partial charge in [0.25, 0.3) is 5.91 Å². The molecule has 1 atom stereocenters. The summed E-state index contributed by atoms with van der Waals surface area (Å²) in [6, 6.07) is 17.4. The van der Waals surface area contributed by atoms with Crippen LogP contribution in [0.25, 0.3) is 11.1 Å². The second-order valence-electron chi connectivity index (χ2n) is 8.19. The molecule has 0 saturated carbocycles. The van der Waals surface area contributed by atoms with Gasteiger partial charge in [-0.15, -0.1) is 0 Å². The number of halogens is 1. The third-order valence-electron chi connectivity index (χ3n) is 5.76. The van der Waals surface area contributed by atoms with E-state index in [2.05, 4.69) is 16.7 Å².